The Morgan fingerprint density at radius 2 is 2.14 bits per heavy atom. The number of nitrogens with one attached hydrogen (secondary N) is 2. The number of anilines is 1. The molecule has 1 saturated heterocycles. The van der Waals surface area contributed by atoms with Gasteiger partial charge in [-0.05, 0) is 31.5 Å². The van der Waals surface area contributed by atoms with Gasteiger partial charge in [0.2, 0.25) is 0 Å². The summed E-state index contributed by atoms with van der Waals surface area (Å²) >= 11 is 0. The molecule has 11 heteroatoms. The fraction of sp³-hybridized carbons (Fsp3) is 0.353. The molecule has 1 aromatic carbocycles. The highest BCUT2D eigenvalue weighted by Crippen LogP contribution is 2.27. The second-order valence-electron chi connectivity index (χ2n) is 6.78. The molecule has 3 heterocycles. The summed E-state index contributed by atoms with van der Waals surface area (Å²) in [6.07, 6.45) is -2.30. The lowest BCUT2D eigenvalue weighted by Gasteiger charge is -2.13. The topological polar surface area (TPSA) is 110 Å². The maximum absolute atomic E-state index is 12.8. The zero-order valence-corrected chi connectivity index (χ0v) is 15.6. The van der Waals surface area contributed by atoms with Crippen molar-refractivity contribution in [2.24, 2.45) is 0 Å². The molecule has 2 aromatic heterocycles. The van der Waals surface area contributed by atoms with Crippen molar-refractivity contribution in [3.05, 3.63) is 41.3 Å². The van der Waals surface area contributed by atoms with Crippen LogP contribution in [-0.2, 0) is 9.84 Å². The van der Waals surface area contributed by atoms with Gasteiger partial charge >= 0.3 is 0 Å². The van der Waals surface area contributed by atoms with E-state index in [1.807, 2.05) is 0 Å². The molecule has 3 aromatic rings. The number of amides is 1. The molecule has 148 valence electrons. The zero-order valence-electron chi connectivity index (χ0n) is 14.8. The minimum atomic E-state index is -3.11. The molecular formula is C17H17F2N5O3S. The third-order valence-corrected chi connectivity index (χ3v) is 6.37. The van der Waals surface area contributed by atoms with E-state index in [1.165, 1.54) is 22.9 Å². The number of H-pyrrole nitrogens is 1. The van der Waals surface area contributed by atoms with E-state index < -0.39 is 28.0 Å². The largest absolute Gasteiger partial charge is 0.337 e. The van der Waals surface area contributed by atoms with Crippen LogP contribution in [0.2, 0.25) is 0 Å². The molecule has 1 atom stereocenters. The van der Waals surface area contributed by atoms with E-state index in [2.05, 4.69) is 20.4 Å². The highest BCUT2D eigenvalue weighted by Gasteiger charge is 2.31. The highest BCUT2D eigenvalue weighted by molar-refractivity contribution is 7.91. The summed E-state index contributed by atoms with van der Waals surface area (Å²) in [4.78, 5) is 18.9. The minimum absolute atomic E-state index is 0.0203. The first-order valence-electron chi connectivity index (χ1n) is 8.57. The summed E-state index contributed by atoms with van der Waals surface area (Å²) in [7, 11) is -3.11. The maximum Gasteiger partial charge on any atom is 0.295 e. The van der Waals surface area contributed by atoms with Crippen LogP contribution in [0.4, 0.5) is 14.6 Å². The summed E-state index contributed by atoms with van der Waals surface area (Å²) < 4.78 is 50.6. The molecule has 0 saturated carbocycles. The molecule has 1 aliphatic heterocycles. The van der Waals surface area contributed by atoms with Crippen molar-refractivity contribution < 1.29 is 22.0 Å². The summed E-state index contributed by atoms with van der Waals surface area (Å²) in [6, 6.07) is 5.74. The summed E-state index contributed by atoms with van der Waals surface area (Å²) in [6.45, 7) is 1.75. The number of aryl methyl sites for hydroxylation is 1. The number of alkyl halides is 2. The number of carbonyl (C=O) groups excluding carboxylic acids is 1. The quantitative estimate of drug-likeness (QED) is 0.688. The molecule has 1 fully saturated rings. The molecular weight excluding hydrogens is 392 g/mol. The van der Waals surface area contributed by atoms with Crippen LogP contribution in [-0.4, -0.2) is 45.6 Å². The van der Waals surface area contributed by atoms with Gasteiger partial charge in [-0.1, -0.05) is 0 Å². The number of imidazole rings is 1. The predicted molar refractivity (Wildman–Crippen MR) is 98.3 cm³/mol. The number of rotatable bonds is 4. The molecule has 8 nitrogen and oxygen atoms in total. The first kappa shape index (κ1) is 18.5. The van der Waals surface area contributed by atoms with Crippen LogP contribution >= 0.6 is 0 Å². The average molecular weight is 409 g/mol. The van der Waals surface area contributed by atoms with E-state index in [4.69, 9.17) is 0 Å². The van der Waals surface area contributed by atoms with Crippen LogP contribution in [0.3, 0.4) is 0 Å². The van der Waals surface area contributed by atoms with E-state index in [9.17, 15) is 22.0 Å². The molecule has 0 aliphatic carbocycles. The SMILES string of the molecule is Cc1cc(NC(=O)c2ccc3nc(C(F)F)[nH]c3c2)n(C2CCS(=O)(=O)C2)n1. The lowest BCUT2D eigenvalue weighted by atomic mass is 10.2. The smallest absolute Gasteiger partial charge is 0.295 e. The highest BCUT2D eigenvalue weighted by atomic mass is 32.2. The van der Waals surface area contributed by atoms with Gasteiger partial charge in [0.05, 0.1) is 34.3 Å². The molecule has 28 heavy (non-hydrogen) atoms. The molecule has 1 unspecified atom stereocenters. The van der Waals surface area contributed by atoms with Gasteiger partial charge in [-0.2, -0.15) is 5.10 Å². The Kier molecular flexibility index (Phi) is 4.41. The molecule has 2 N–H and O–H groups in total. The van der Waals surface area contributed by atoms with Gasteiger partial charge in [-0.25, -0.2) is 26.9 Å². The maximum atomic E-state index is 12.8. The Labute approximate surface area is 158 Å². The third-order valence-electron chi connectivity index (χ3n) is 4.62. The minimum Gasteiger partial charge on any atom is -0.337 e. The molecule has 0 bridgehead atoms. The van der Waals surface area contributed by atoms with Crippen molar-refractivity contribution in [1.82, 2.24) is 19.7 Å². The predicted octanol–water partition coefficient (Wildman–Crippen LogP) is 2.62. The van der Waals surface area contributed by atoms with Gasteiger partial charge < -0.3 is 10.3 Å². The molecule has 1 amide bonds. The number of hydrogen-bond donors (Lipinski definition) is 2. The van der Waals surface area contributed by atoms with Crippen molar-refractivity contribution in [3.63, 3.8) is 0 Å². The number of aromatic amines is 1. The van der Waals surface area contributed by atoms with Gasteiger partial charge in [0.1, 0.15) is 5.82 Å². The van der Waals surface area contributed by atoms with Crippen LogP contribution in [0, 0.1) is 6.92 Å². The molecule has 1 aliphatic rings. The Balaban J connectivity index is 1.59. The van der Waals surface area contributed by atoms with Crippen LogP contribution in [0.15, 0.2) is 24.3 Å². The van der Waals surface area contributed by atoms with Crippen LogP contribution in [0.1, 0.15) is 40.8 Å². The van der Waals surface area contributed by atoms with Crippen LogP contribution in [0.25, 0.3) is 11.0 Å². The fourth-order valence-electron chi connectivity index (χ4n) is 3.32. The lowest BCUT2D eigenvalue weighted by molar-refractivity contribution is 0.102. The number of halogens is 2. The molecule has 0 radical (unpaired) electrons. The second-order valence-corrected chi connectivity index (χ2v) is 9.01. The number of benzene rings is 1. The van der Waals surface area contributed by atoms with E-state index in [-0.39, 0.29) is 23.1 Å². The van der Waals surface area contributed by atoms with Crippen molar-refractivity contribution in [2.75, 3.05) is 16.8 Å². The first-order chi connectivity index (χ1) is 13.2. The van der Waals surface area contributed by atoms with E-state index in [0.29, 0.717) is 29.0 Å². The van der Waals surface area contributed by atoms with Crippen molar-refractivity contribution in [1.29, 1.82) is 0 Å². The number of carbonyl (C=O) groups is 1. The standard InChI is InChI=1S/C17H17F2N5O3S/c1-9-6-14(24(23-9)11-4-5-28(26,27)8-11)22-17(25)10-2-3-12-13(7-10)21-16(20-12)15(18)19/h2-3,6-7,11,15H,4-5,8H2,1H3,(H,20,21)(H,22,25). The summed E-state index contributed by atoms with van der Waals surface area (Å²) in [5.41, 5.74) is 1.56. The monoisotopic (exact) mass is 409 g/mol. The van der Waals surface area contributed by atoms with Crippen molar-refractivity contribution in [3.8, 4) is 0 Å². The summed E-state index contributed by atoms with van der Waals surface area (Å²) in [5, 5.41) is 7.05. The summed E-state index contributed by atoms with van der Waals surface area (Å²) in [5.74, 6) is -0.455. The Hall–Kier alpha value is -2.82. The first-order valence-corrected chi connectivity index (χ1v) is 10.4. The van der Waals surface area contributed by atoms with Crippen molar-refractivity contribution >= 4 is 32.6 Å². The van der Waals surface area contributed by atoms with Gasteiger partial charge in [-0.3, -0.25) is 4.79 Å². The molecule has 0 spiro atoms. The fourth-order valence-corrected chi connectivity index (χ4v) is 5.01. The van der Waals surface area contributed by atoms with E-state index >= 15 is 0 Å². The third kappa shape index (κ3) is 3.49. The van der Waals surface area contributed by atoms with Crippen LogP contribution in [0.5, 0.6) is 0 Å². The number of nitrogens with zero attached hydrogens (tertiary/aromatic N) is 3. The Morgan fingerprint density at radius 3 is 2.82 bits per heavy atom. The zero-order chi connectivity index (χ0) is 20.1. The Bertz CT molecular complexity index is 1170. The normalized spacial score (nSPS) is 18.8. The number of sulfone groups is 1. The van der Waals surface area contributed by atoms with E-state index in [1.54, 1.807) is 13.0 Å². The van der Waals surface area contributed by atoms with Gasteiger partial charge in [0, 0.05) is 11.6 Å². The van der Waals surface area contributed by atoms with Crippen molar-refractivity contribution in [2.45, 2.75) is 25.8 Å². The van der Waals surface area contributed by atoms with Gasteiger partial charge in [-0.15, -0.1) is 0 Å². The number of hydrogen-bond acceptors (Lipinski definition) is 5. The number of aromatic nitrogens is 4. The lowest BCUT2D eigenvalue weighted by Crippen LogP contribution is -2.19. The Morgan fingerprint density at radius 1 is 1.36 bits per heavy atom. The van der Waals surface area contributed by atoms with Gasteiger partial charge in [0.15, 0.2) is 15.7 Å². The van der Waals surface area contributed by atoms with Crippen LogP contribution < -0.4 is 5.32 Å². The van der Waals surface area contributed by atoms with E-state index in [0.717, 1.165) is 0 Å². The van der Waals surface area contributed by atoms with Gasteiger partial charge in [0.25, 0.3) is 12.3 Å². The average Bonchev–Trinajstić information content (AvgIpc) is 3.30. The number of fused-ring (bicyclic) bond motifs is 1. The molecule has 4 rings (SSSR count). The second kappa shape index (κ2) is 6.66.